The molecule has 64 heavy (non-hydrogen) atoms. The van der Waals surface area contributed by atoms with Gasteiger partial charge in [0.25, 0.3) is 5.91 Å². The number of nitrogens with one attached hydrogen (secondary N) is 7. The van der Waals surface area contributed by atoms with E-state index in [2.05, 4.69) is 36.9 Å². The molecule has 0 saturated carbocycles. The molecule has 7 amide bonds. The number of β-amino-alcohol motifs (C(OH)–C–C–N with tert-alkyl or cyclic N) is 1. The van der Waals surface area contributed by atoms with Gasteiger partial charge in [-0.1, -0.05) is 85.0 Å². The Hall–Kier alpha value is -6.71. The summed E-state index contributed by atoms with van der Waals surface area (Å²) in [5.74, 6) is -6.38. The van der Waals surface area contributed by atoms with Crippen molar-refractivity contribution in [3.63, 3.8) is 0 Å². The van der Waals surface area contributed by atoms with Crippen molar-refractivity contribution < 1.29 is 59.1 Å². The zero-order valence-corrected chi connectivity index (χ0v) is 35.0. The molecule has 0 aliphatic carbocycles. The maximum absolute atomic E-state index is 13.6. The molecule has 3 heterocycles. The van der Waals surface area contributed by atoms with Crippen LogP contribution in [0.1, 0.15) is 36.8 Å². The molecular weight excluding hydrogens is 833 g/mol. The minimum Gasteiger partial charge on any atom is -0.391 e. The van der Waals surface area contributed by atoms with Crippen molar-refractivity contribution in [2.24, 2.45) is 0 Å². The van der Waals surface area contributed by atoms with Crippen LogP contribution < -0.4 is 31.9 Å². The predicted molar refractivity (Wildman–Crippen MR) is 231 cm³/mol. The van der Waals surface area contributed by atoms with Crippen molar-refractivity contribution in [2.45, 2.75) is 80.4 Å². The molecule has 2 saturated heterocycles. The average Bonchev–Trinajstić information content (AvgIpc) is 3.80. The number of H-pyrrole nitrogens is 1. The van der Waals surface area contributed by atoms with Crippen LogP contribution in [0.25, 0.3) is 17.0 Å². The Morgan fingerprint density at radius 1 is 0.797 bits per heavy atom. The Morgan fingerprint density at radius 2 is 1.52 bits per heavy atom. The Kier molecular flexibility index (Phi) is 17.1. The van der Waals surface area contributed by atoms with E-state index in [9.17, 15) is 59.1 Å². The van der Waals surface area contributed by atoms with Crippen LogP contribution in [0.5, 0.6) is 0 Å². The first-order valence-electron chi connectivity index (χ1n) is 20.6. The lowest BCUT2D eigenvalue weighted by Gasteiger charge is -2.34. The highest BCUT2D eigenvalue weighted by molar-refractivity contribution is 5.94. The van der Waals surface area contributed by atoms with E-state index in [1.54, 1.807) is 36.6 Å². The Bertz CT molecular complexity index is 2250. The van der Waals surface area contributed by atoms with Gasteiger partial charge in [-0.2, -0.15) is 0 Å². The molecule has 1 aromatic heterocycles. The van der Waals surface area contributed by atoms with Crippen molar-refractivity contribution in [1.82, 2.24) is 41.8 Å². The third-order valence-electron chi connectivity index (χ3n) is 10.6. The van der Waals surface area contributed by atoms with E-state index >= 15 is 0 Å². The number of aromatic amines is 1. The summed E-state index contributed by atoms with van der Waals surface area (Å²) in [5, 5.41) is 70.4. The van der Waals surface area contributed by atoms with Crippen molar-refractivity contribution in [1.29, 1.82) is 0 Å². The van der Waals surface area contributed by atoms with E-state index in [1.165, 1.54) is 13.1 Å². The van der Waals surface area contributed by atoms with Crippen molar-refractivity contribution >= 4 is 58.3 Å². The first-order chi connectivity index (χ1) is 30.5. The zero-order chi connectivity index (χ0) is 46.4. The van der Waals surface area contributed by atoms with Crippen LogP contribution in [-0.4, -0.2) is 152 Å². The summed E-state index contributed by atoms with van der Waals surface area (Å²) in [6.07, 6.45) is 1.68. The molecule has 342 valence electrons. The predicted octanol–water partition coefficient (Wildman–Crippen LogP) is -2.48. The number of hydrogen-bond donors (Lipinski definition) is 12. The monoisotopic (exact) mass is 886 g/mol. The largest absolute Gasteiger partial charge is 0.391 e. The van der Waals surface area contributed by atoms with Gasteiger partial charge >= 0.3 is 0 Å². The number of hydrogen-bond acceptors (Lipinski definition) is 12. The summed E-state index contributed by atoms with van der Waals surface area (Å²) in [6.45, 7) is -1.74. The summed E-state index contributed by atoms with van der Waals surface area (Å²) in [6, 6.07) is 12.0. The minimum absolute atomic E-state index is 0.0398. The molecule has 8 unspecified atom stereocenters. The summed E-state index contributed by atoms with van der Waals surface area (Å²) in [4.78, 5) is 96.3. The molecule has 5 rings (SSSR count). The van der Waals surface area contributed by atoms with Crippen LogP contribution in [0.4, 0.5) is 0 Å². The van der Waals surface area contributed by atoms with Crippen LogP contribution in [0, 0.1) is 0 Å². The number of carbonyl (C=O) groups is 7. The highest BCUT2D eigenvalue weighted by Crippen LogP contribution is 2.24. The topological polar surface area (TPSA) is 312 Å². The number of fused-ring (bicyclic) bond motifs is 2. The Labute approximate surface area is 367 Å². The summed E-state index contributed by atoms with van der Waals surface area (Å²) < 4.78 is 0. The van der Waals surface area contributed by atoms with Gasteiger partial charge in [0.2, 0.25) is 35.4 Å². The number of nitrogens with zero attached hydrogens (tertiary/aromatic N) is 1. The van der Waals surface area contributed by atoms with E-state index in [0.29, 0.717) is 5.56 Å². The summed E-state index contributed by atoms with van der Waals surface area (Å²) in [7, 11) is 1.23. The van der Waals surface area contributed by atoms with Gasteiger partial charge in [0.05, 0.1) is 56.6 Å². The van der Waals surface area contributed by atoms with Gasteiger partial charge in [0.15, 0.2) is 11.8 Å². The third-order valence-corrected chi connectivity index (χ3v) is 10.6. The maximum atomic E-state index is 13.6. The number of aliphatic hydroxyl groups excluding tert-OH is 4. The van der Waals surface area contributed by atoms with E-state index in [0.717, 1.165) is 21.4 Å². The molecule has 2 aliphatic heterocycles. The average molecular weight is 887 g/mol. The molecule has 3 aromatic rings. The number of benzene rings is 2. The number of rotatable bonds is 9. The number of aliphatic hydroxyl groups is 5. The maximum Gasteiger partial charge on any atom is 0.251 e. The molecule has 2 aromatic carbocycles. The molecular formula is C44H54N8O12. The SMILES string of the molecule is CN1CC(=O)NC(Cc2c[nH]c3ccccc23)C(=O)NCC(=O)NCC(O)CC(=O)NC(C(O)C(O)CC=CC=CC=Cc2ccccc2)C(O)C(=O)NC2CC(=O)NC2(O)CC1=O. The molecule has 2 fully saturated rings. The van der Waals surface area contributed by atoms with Gasteiger partial charge in [0, 0.05) is 37.1 Å². The van der Waals surface area contributed by atoms with Crippen LogP contribution in [-0.2, 0) is 40.0 Å². The number of carbonyl (C=O) groups excluding carboxylic acids is 7. The van der Waals surface area contributed by atoms with Gasteiger partial charge in [-0.25, -0.2) is 0 Å². The minimum atomic E-state index is -2.45. The molecule has 12 N–H and O–H groups in total. The smallest absolute Gasteiger partial charge is 0.251 e. The summed E-state index contributed by atoms with van der Waals surface area (Å²) in [5.41, 5.74) is -0.0577. The zero-order valence-electron chi connectivity index (χ0n) is 35.0. The van der Waals surface area contributed by atoms with E-state index in [4.69, 9.17) is 0 Å². The molecule has 0 bridgehead atoms. The number of aromatic nitrogens is 1. The van der Waals surface area contributed by atoms with Crippen molar-refractivity contribution in [3.8, 4) is 0 Å². The molecule has 20 heteroatoms. The molecule has 2 aliphatic rings. The lowest BCUT2D eigenvalue weighted by molar-refractivity contribution is -0.145. The number of allylic oxidation sites excluding steroid dienone is 4. The summed E-state index contributed by atoms with van der Waals surface area (Å²) >= 11 is 0. The third kappa shape index (κ3) is 13.6. The molecule has 0 radical (unpaired) electrons. The number of para-hydroxylation sites is 1. The van der Waals surface area contributed by atoms with Crippen LogP contribution in [0.3, 0.4) is 0 Å². The number of likely N-dealkylation sites (N-methyl/N-ethyl adjacent to an activating group) is 1. The second-order valence-corrected chi connectivity index (χ2v) is 15.6. The fourth-order valence-corrected chi connectivity index (χ4v) is 7.13. The van der Waals surface area contributed by atoms with Crippen molar-refractivity contribution in [3.05, 3.63) is 102 Å². The Morgan fingerprint density at radius 3 is 2.28 bits per heavy atom. The standard InChI is InChI=1S/C44H54N8O12/c1-52-25-37(58)48-31(18-27-22-45-30-16-11-10-15-29(27)30)42(62)47-24-36(57)46-23-28(53)19-34(55)50-39(41(61)43(63)49-33-20-35(56)51-44(33,64)21-38(52)59)40(60)32(54)17-9-4-2-3-6-12-26-13-7-5-8-14-26/h2-16,22,28,31-33,39-41,45,53-54,60-61,64H,17-21,23-25H2,1H3,(H,46,57)(H,47,62)(H,48,58)(H,49,63)(H,50,55)(H,51,56). The van der Waals surface area contributed by atoms with Crippen LogP contribution in [0.15, 0.2) is 91.2 Å². The molecule has 0 spiro atoms. The van der Waals surface area contributed by atoms with E-state index in [1.807, 2.05) is 54.6 Å². The first-order valence-corrected chi connectivity index (χ1v) is 20.6. The van der Waals surface area contributed by atoms with E-state index < -0.39 is 129 Å². The van der Waals surface area contributed by atoms with Gasteiger partial charge in [-0.15, -0.1) is 0 Å². The molecule has 8 atom stereocenters. The van der Waals surface area contributed by atoms with Crippen molar-refractivity contribution in [2.75, 3.05) is 26.7 Å². The lowest BCUT2D eigenvalue weighted by atomic mass is 9.95. The lowest BCUT2D eigenvalue weighted by Crippen LogP contribution is -2.63. The highest BCUT2D eigenvalue weighted by Gasteiger charge is 2.49. The normalized spacial score (nSPS) is 26.2. The van der Waals surface area contributed by atoms with Gasteiger partial charge < -0.3 is 67.3 Å². The van der Waals surface area contributed by atoms with Crippen LogP contribution in [0.2, 0.25) is 0 Å². The van der Waals surface area contributed by atoms with Gasteiger partial charge in [-0.05, 0) is 23.6 Å². The first kappa shape index (κ1) is 48.3. The number of amides is 7. The van der Waals surface area contributed by atoms with Crippen LogP contribution >= 0.6 is 0 Å². The van der Waals surface area contributed by atoms with Gasteiger partial charge in [0.1, 0.15) is 12.1 Å². The second kappa shape index (κ2) is 22.6. The molecule has 20 nitrogen and oxygen atoms in total. The second-order valence-electron chi connectivity index (χ2n) is 15.6. The fraction of sp³-hybridized carbons (Fsp3) is 0.386. The fourth-order valence-electron chi connectivity index (χ4n) is 7.13. The van der Waals surface area contributed by atoms with Gasteiger partial charge in [-0.3, -0.25) is 33.6 Å². The highest BCUT2D eigenvalue weighted by atomic mass is 16.3. The quantitative estimate of drug-likeness (QED) is 0.0995. The Balaban J connectivity index is 1.33. The van der Waals surface area contributed by atoms with E-state index in [-0.39, 0.29) is 12.8 Å².